The molecule has 2 aromatic carbocycles. The fourth-order valence-electron chi connectivity index (χ4n) is 5.17. The number of aromatic nitrogens is 1. The SMILES string of the molecule is COCCOC(=O)C1=C(C)N=c2sc(=Cc3cc([N+](=O)[O-])ccc3N3CCCCC3)c(=O)n2C1c1ccc(Cl)cc1. The Morgan fingerprint density at radius 1 is 1.17 bits per heavy atom. The molecule has 2 aliphatic heterocycles. The number of nitrogens with zero attached hydrogens (tertiary/aromatic N) is 4. The number of piperidine rings is 1. The Balaban J connectivity index is 1.67. The van der Waals surface area contributed by atoms with Crippen molar-refractivity contribution in [2.45, 2.75) is 32.2 Å². The maximum Gasteiger partial charge on any atom is 0.338 e. The number of carbonyl (C=O) groups is 1. The molecular formula is C29H29ClN4O6S. The molecule has 1 saturated heterocycles. The van der Waals surface area contributed by atoms with Crippen LogP contribution in [0, 0.1) is 10.1 Å². The average molecular weight is 597 g/mol. The minimum atomic E-state index is -0.799. The van der Waals surface area contributed by atoms with Gasteiger partial charge in [-0.05, 0) is 56.0 Å². The van der Waals surface area contributed by atoms with Crippen LogP contribution < -0.4 is 19.8 Å². The third-order valence-corrected chi connectivity index (χ3v) is 8.39. The standard InChI is InChI=1S/C29H29ClN4O6S/c1-18-25(28(36)40-15-14-39-2)26(19-6-8-21(30)9-7-19)33-27(35)24(41-29(33)31-18)17-20-16-22(34(37)38)10-11-23(20)32-12-4-3-5-13-32/h6-11,16-17,26H,3-5,12-15H2,1-2H3. The summed E-state index contributed by atoms with van der Waals surface area (Å²) in [4.78, 5) is 45.7. The zero-order valence-electron chi connectivity index (χ0n) is 22.7. The summed E-state index contributed by atoms with van der Waals surface area (Å²) in [7, 11) is 1.51. The number of halogens is 1. The summed E-state index contributed by atoms with van der Waals surface area (Å²) in [6.45, 7) is 3.67. The molecule has 3 heterocycles. The van der Waals surface area contributed by atoms with Gasteiger partial charge < -0.3 is 14.4 Å². The Labute approximate surface area is 244 Å². The summed E-state index contributed by atoms with van der Waals surface area (Å²) >= 11 is 7.32. The number of carbonyl (C=O) groups excluding carboxylic acids is 1. The van der Waals surface area contributed by atoms with Crippen molar-refractivity contribution in [3.8, 4) is 0 Å². The Kier molecular flexibility index (Phi) is 8.67. The molecule has 0 radical (unpaired) electrons. The van der Waals surface area contributed by atoms with Crippen LogP contribution in [0.15, 0.2) is 63.5 Å². The molecule has 0 N–H and O–H groups in total. The molecule has 1 unspecified atom stereocenters. The van der Waals surface area contributed by atoms with Crippen LogP contribution in [-0.2, 0) is 14.3 Å². The number of fused-ring (bicyclic) bond motifs is 1. The zero-order chi connectivity index (χ0) is 29.1. The lowest BCUT2D eigenvalue weighted by Gasteiger charge is -2.30. The summed E-state index contributed by atoms with van der Waals surface area (Å²) in [5, 5.41) is 12.1. The maximum atomic E-state index is 14.0. The fourth-order valence-corrected chi connectivity index (χ4v) is 6.34. The number of anilines is 1. The lowest BCUT2D eigenvalue weighted by Crippen LogP contribution is -2.40. The number of rotatable bonds is 8. The number of hydrogen-bond acceptors (Lipinski definition) is 9. The number of nitro groups is 1. The number of ether oxygens (including phenoxy) is 2. The van der Waals surface area contributed by atoms with Crippen molar-refractivity contribution in [1.82, 2.24) is 4.57 Å². The van der Waals surface area contributed by atoms with Gasteiger partial charge in [-0.1, -0.05) is 35.1 Å². The van der Waals surface area contributed by atoms with Crippen LogP contribution in [0.5, 0.6) is 0 Å². The van der Waals surface area contributed by atoms with E-state index in [9.17, 15) is 19.7 Å². The van der Waals surface area contributed by atoms with Crippen LogP contribution in [0.3, 0.4) is 0 Å². The molecule has 12 heteroatoms. The second-order valence-electron chi connectivity index (χ2n) is 9.81. The number of methoxy groups -OCH3 is 1. The van der Waals surface area contributed by atoms with Crippen LogP contribution >= 0.6 is 22.9 Å². The van der Waals surface area contributed by atoms with Gasteiger partial charge in [0.1, 0.15) is 6.61 Å². The maximum absolute atomic E-state index is 14.0. The highest BCUT2D eigenvalue weighted by Gasteiger charge is 2.33. The molecule has 0 aliphatic carbocycles. The van der Waals surface area contributed by atoms with Crippen LogP contribution in [0.2, 0.25) is 5.02 Å². The second-order valence-corrected chi connectivity index (χ2v) is 11.3. The highest BCUT2D eigenvalue weighted by atomic mass is 35.5. The van der Waals surface area contributed by atoms with E-state index in [-0.39, 0.29) is 30.0 Å². The van der Waals surface area contributed by atoms with Gasteiger partial charge in [0.15, 0.2) is 4.80 Å². The summed E-state index contributed by atoms with van der Waals surface area (Å²) in [5.41, 5.74) is 2.36. The highest BCUT2D eigenvalue weighted by Crippen LogP contribution is 2.32. The van der Waals surface area contributed by atoms with Gasteiger partial charge >= 0.3 is 5.97 Å². The van der Waals surface area contributed by atoms with Gasteiger partial charge in [-0.2, -0.15) is 0 Å². The third kappa shape index (κ3) is 5.97. The smallest absolute Gasteiger partial charge is 0.338 e. The Morgan fingerprint density at radius 3 is 2.59 bits per heavy atom. The van der Waals surface area contributed by atoms with Crippen LogP contribution in [0.1, 0.15) is 43.4 Å². The molecule has 10 nitrogen and oxygen atoms in total. The first-order valence-corrected chi connectivity index (χ1v) is 14.5. The van der Waals surface area contributed by atoms with Crippen LogP contribution in [-0.4, -0.2) is 48.9 Å². The molecule has 214 valence electrons. The minimum Gasteiger partial charge on any atom is -0.460 e. The van der Waals surface area contributed by atoms with Gasteiger partial charge in [0.25, 0.3) is 11.2 Å². The van der Waals surface area contributed by atoms with E-state index in [1.165, 1.54) is 35.1 Å². The second kappa shape index (κ2) is 12.4. The van der Waals surface area contributed by atoms with Gasteiger partial charge in [-0.25, -0.2) is 9.79 Å². The van der Waals surface area contributed by atoms with E-state index in [0.29, 0.717) is 31.2 Å². The molecule has 41 heavy (non-hydrogen) atoms. The van der Waals surface area contributed by atoms with Crippen molar-refractivity contribution >= 4 is 46.4 Å². The molecule has 0 bridgehead atoms. The summed E-state index contributed by atoms with van der Waals surface area (Å²) in [6, 6.07) is 10.9. The first kappa shape index (κ1) is 28.7. The number of nitro benzene ring substituents is 1. The Morgan fingerprint density at radius 2 is 1.90 bits per heavy atom. The number of thiazole rings is 1. The van der Waals surface area contributed by atoms with Gasteiger partial charge in [-0.15, -0.1) is 0 Å². The molecular weight excluding hydrogens is 568 g/mol. The van der Waals surface area contributed by atoms with E-state index in [1.54, 1.807) is 43.3 Å². The predicted molar refractivity (Wildman–Crippen MR) is 157 cm³/mol. The normalized spacial score (nSPS) is 17.3. The summed E-state index contributed by atoms with van der Waals surface area (Å²) < 4.78 is 12.3. The molecule has 3 aromatic rings. The Hall–Kier alpha value is -3.80. The number of hydrogen-bond donors (Lipinski definition) is 0. The van der Waals surface area contributed by atoms with Crippen LogP contribution in [0.25, 0.3) is 6.08 Å². The molecule has 1 fully saturated rings. The molecule has 5 rings (SSSR count). The first-order chi connectivity index (χ1) is 19.8. The number of esters is 1. The predicted octanol–water partition coefficient (Wildman–Crippen LogP) is 3.98. The summed E-state index contributed by atoms with van der Waals surface area (Å²) in [5.74, 6) is -0.594. The van der Waals surface area contributed by atoms with E-state index in [2.05, 4.69) is 9.89 Å². The minimum absolute atomic E-state index is 0.0515. The van der Waals surface area contributed by atoms with E-state index in [4.69, 9.17) is 21.1 Å². The first-order valence-electron chi connectivity index (χ1n) is 13.3. The Bertz CT molecular complexity index is 1690. The average Bonchev–Trinajstić information content (AvgIpc) is 3.27. The van der Waals surface area contributed by atoms with Gasteiger partial charge in [-0.3, -0.25) is 19.5 Å². The highest BCUT2D eigenvalue weighted by molar-refractivity contribution is 7.07. The number of benzene rings is 2. The quantitative estimate of drug-likeness (QED) is 0.167. The molecule has 0 amide bonds. The van der Waals surface area contributed by atoms with Gasteiger partial charge in [0, 0.05) is 48.6 Å². The fraction of sp³-hybridized carbons (Fsp3) is 0.345. The molecule has 0 spiro atoms. The van der Waals surface area contributed by atoms with Gasteiger partial charge in [0.05, 0.1) is 33.4 Å². The van der Waals surface area contributed by atoms with Crippen molar-refractivity contribution in [3.05, 3.63) is 99.7 Å². The van der Waals surface area contributed by atoms with Crippen molar-refractivity contribution in [3.63, 3.8) is 0 Å². The monoisotopic (exact) mass is 596 g/mol. The van der Waals surface area contributed by atoms with Crippen molar-refractivity contribution in [2.24, 2.45) is 4.99 Å². The van der Waals surface area contributed by atoms with Crippen LogP contribution in [0.4, 0.5) is 11.4 Å². The lowest BCUT2D eigenvalue weighted by molar-refractivity contribution is -0.384. The van der Waals surface area contributed by atoms with Crippen molar-refractivity contribution in [1.29, 1.82) is 0 Å². The number of non-ortho nitro benzene ring substituents is 1. The van der Waals surface area contributed by atoms with Crippen molar-refractivity contribution < 1.29 is 19.2 Å². The van der Waals surface area contributed by atoms with E-state index >= 15 is 0 Å². The van der Waals surface area contributed by atoms with E-state index < -0.39 is 16.9 Å². The zero-order valence-corrected chi connectivity index (χ0v) is 24.2. The third-order valence-electron chi connectivity index (χ3n) is 7.15. The largest absolute Gasteiger partial charge is 0.460 e. The molecule has 1 aromatic heterocycles. The lowest BCUT2D eigenvalue weighted by atomic mass is 9.96. The van der Waals surface area contributed by atoms with E-state index in [0.717, 1.165) is 38.0 Å². The molecule has 1 atom stereocenters. The van der Waals surface area contributed by atoms with Gasteiger partial charge in [0.2, 0.25) is 0 Å². The topological polar surface area (TPSA) is 116 Å². The van der Waals surface area contributed by atoms with Crippen molar-refractivity contribution in [2.75, 3.05) is 38.3 Å². The number of allylic oxidation sites excluding steroid dienone is 1. The van der Waals surface area contributed by atoms with E-state index in [1.807, 2.05) is 0 Å². The molecule has 0 saturated carbocycles. The molecule has 2 aliphatic rings. The summed E-state index contributed by atoms with van der Waals surface area (Å²) in [6.07, 6.45) is 4.89.